The molecule has 3 heterocycles. The average molecular weight is 482 g/mol. The van der Waals surface area contributed by atoms with Gasteiger partial charge in [0.05, 0.1) is 38.1 Å². The zero-order valence-electron chi connectivity index (χ0n) is 19.2. The van der Waals surface area contributed by atoms with E-state index in [1.54, 1.807) is 36.3 Å². The van der Waals surface area contributed by atoms with Crippen LogP contribution < -0.4 is 14.4 Å². The zero-order chi connectivity index (χ0) is 24.4. The number of aromatic nitrogens is 2. The van der Waals surface area contributed by atoms with Gasteiger partial charge in [-0.05, 0) is 30.3 Å². The SMILES string of the molecule is COc1cccc(C(=O)N2CCc3nc(N4CCOCC4)nc(Oc4ccc(F)c(F)c4)c3C2)c1. The number of nitrogens with zero attached hydrogens (tertiary/aromatic N) is 4. The van der Waals surface area contributed by atoms with Crippen molar-refractivity contribution in [2.24, 2.45) is 0 Å². The normalized spacial score (nSPS) is 15.5. The molecule has 182 valence electrons. The van der Waals surface area contributed by atoms with Gasteiger partial charge in [0.15, 0.2) is 11.6 Å². The fourth-order valence-electron chi connectivity index (χ4n) is 4.12. The van der Waals surface area contributed by atoms with Gasteiger partial charge >= 0.3 is 0 Å². The van der Waals surface area contributed by atoms with E-state index in [4.69, 9.17) is 19.2 Å². The number of morpholine rings is 1. The van der Waals surface area contributed by atoms with Gasteiger partial charge in [0, 0.05) is 37.7 Å². The van der Waals surface area contributed by atoms with Gasteiger partial charge in [-0.15, -0.1) is 0 Å². The molecule has 0 radical (unpaired) electrons. The maximum absolute atomic E-state index is 13.8. The molecular formula is C25H24F2N4O4. The first-order valence-electron chi connectivity index (χ1n) is 11.3. The lowest BCUT2D eigenvalue weighted by molar-refractivity contribution is 0.0731. The Morgan fingerprint density at radius 3 is 2.60 bits per heavy atom. The summed E-state index contributed by atoms with van der Waals surface area (Å²) in [6, 6.07) is 10.3. The molecule has 2 aromatic carbocycles. The van der Waals surface area contributed by atoms with Crippen molar-refractivity contribution in [1.29, 1.82) is 0 Å². The molecule has 8 nitrogen and oxygen atoms in total. The summed E-state index contributed by atoms with van der Waals surface area (Å²) in [6.45, 7) is 3.06. The third kappa shape index (κ3) is 4.88. The number of halogens is 2. The summed E-state index contributed by atoms with van der Waals surface area (Å²) in [7, 11) is 1.55. The highest BCUT2D eigenvalue weighted by Gasteiger charge is 2.29. The van der Waals surface area contributed by atoms with E-state index in [1.807, 2.05) is 4.90 Å². The van der Waals surface area contributed by atoms with Crippen LogP contribution in [0.3, 0.4) is 0 Å². The molecule has 0 saturated carbocycles. The molecule has 1 aromatic heterocycles. The second-order valence-corrected chi connectivity index (χ2v) is 8.24. The van der Waals surface area contributed by atoms with Crippen LogP contribution in [0.25, 0.3) is 0 Å². The molecule has 0 aliphatic carbocycles. The molecular weight excluding hydrogens is 458 g/mol. The number of ether oxygens (including phenoxy) is 3. The molecule has 1 amide bonds. The van der Waals surface area contributed by atoms with Gasteiger partial charge in [0.1, 0.15) is 11.5 Å². The molecule has 10 heteroatoms. The average Bonchev–Trinajstić information content (AvgIpc) is 2.90. The highest BCUT2D eigenvalue weighted by atomic mass is 19.2. The molecule has 1 fully saturated rings. The predicted octanol–water partition coefficient (Wildman–Crippen LogP) is 3.59. The van der Waals surface area contributed by atoms with Gasteiger partial charge in [-0.25, -0.2) is 13.8 Å². The minimum atomic E-state index is -1.02. The Kier molecular flexibility index (Phi) is 6.45. The Labute approximate surface area is 201 Å². The monoisotopic (exact) mass is 482 g/mol. The van der Waals surface area contributed by atoms with E-state index in [0.29, 0.717) is 62.1 Å². The van der Waals surface area contributed by atoms with Crippen molar-refractivity contribution < 1.29 is 27.8 Å². The number of hydrogen-bond donors (Lipinski definition) is 0. The molecule has 3 aromatic rings. The fourth-order valence-corrected chi connectivity index (χ4v) is 4.12. The van der Waals surface area contributed by atoms with Crippen LogP contribution in [0.2, 0.25) is 0 Å². The maximum Gasteiger partial charge on any atom is 0.254 e. The van der Waals surface area contributed by atoms with Gasteiger partial charge in [-0.2, -0.15) is 4.98 Å². The van der Waals surface area contributed by atoms with E-state index in [-0.39, 0.29) is 24.1 Å². The summed E-state index contributed by atoms with van der Waals surface area (Å²) in [5, 5.41) is 0. The lowest BCUT2D eigenvalue weighted by atomic mass is 10.0. The molecule has 2 aliphatic heterocycles. The minimum absolute atomic E-state index is 0.106. The van der Waals surface area contributed by atoms with Gasteiger partial charge < -0.3 is 24.0 Å². The first-order valence-corrected chi connectivity index (χ1v) is 11.3. The standard InChI is InChI=1S/C25H24F2N4O4/c1-33-17-4-2-3-16(13-17)24(32)31-8-7-22-19(15-31)23(35-18-5-6-20(26)21(27)14-18)29-25(28-22)30-9-11-34-12-10-30/h2-6,13-14H,7-12,15H2,1H3. The number of fused-ring (bicyclic) bond motifs is 1. The predicted molar refractivity (Wildman–Crippen MR) is 123 cm³/mol. The Morgan fingerprint density at radius 1 is 1.00 bits per heavy atom. The number of carbonyl (C=O) groups excluding carboxylic acids is 1. The molecule has 0 atom stereocenters. The minimum Gasteiger partial charge on any atom is -0.497 e. The molecule has 0 bridgehead atoms. The van der Waals surface area contributed by atoms with Crippen molar-refractivity contribution in [2.45, 2.75) is 13.0 Å². The molecule has 2 aliphatic rings. The highest BCUT2D eigenvalue weighted by molar-refractivity contribution is 5.94. The number of methoxy groups -OCH3 is 1. The van der Waals surface area contributed by atoms with Gasteiger partial charge in [-0.1, -0.05) is 6.07 Å². The number of rotatable bonds is 5. The smallest absolute Gasteiger partial charge is 0.254 e. The number of carbonyl (C=O) groups is 1. The lowest BCUT2D eigenvalue weighted by Gasteiger charge is -2.32. The van der Waals surface area contributed by atoms with Crippen LogP contribution in [-0.4, -0.2) is 60.7 Å². The summed E-state index contributed by atoms with van der Waals surface area (Å²) in [6.07, 6.45) is 0.499. The number of hydrogen-bond acceptors (Lipinski definition) is 7. The van der Waals surface area contributed by atoms with E-state index in [0.717, 1.165) is 17.8 Å². The number of amides is 1. The Hall–Kier alpha value is -3.79. The van der Waals surface area contributed by atoms with Crippen molar-refractivity contribution in [3.63, 3.8) is 0 Å². The first-order chi connectivity index (χ1) is 17.0. The summed E-state index contributed by atoms with van der Waals surface area (Å²) >= 11 is 0. The van der Waals surface area contributed by atoms with E-state index in [2.05, 4.69) is 4.98 Å². The second kappa shape index (κ2) is 9.83. The third-order valence-corrected chi connectivity index (χ3v) is 6.01. The zero-order valence-corrected chi connectivity index (χ0v) is 19.2. The summed E-state index contributed by atoms with van der Waals surface area (Å²) < 4.78 is 43.9. The van der Waals surface area contributed by atoms with E-state index in [9.17, 15) is 13.6 Å². The van der Waals surface area contributed by atoms with Crippen LogP contribution in [0.15, 0.2) is 42.5 Å². The van der Waals surface area contributed by atoms with Gasteiger partial charge in [0.25, 0.3) is 5.91 Å². The van der Waals surface area contributed by atoms with Gasteiger partial charge in [-0.3, -0.25) is 4.79 Å². The third-order valence-electron chi connectivity index (χ3n) is 6.01. The molecule has 0 unspecified atom stereocenters. The molecule has 0 spiro atoms. The summed E-state index contributed by atoms with van der Waals surface area (Å²) in [5.41, 5.74) is 1.89. The molecule has 5 rings (SSSR count). The van der Waals surface area contributed by atoms with Crippen molar-refractivity contribution in [1.82, 2.24) is 14.9 Å². The van der Waals surface area contributed by atoms with Gasteiger partial charge in [0.2, 0.25) is 11.8 Å². The lowest BCUT2D eigenvalue weighted by Crippen LogP contribution is -2.39. The summed E-state index contributed by atoms with van der Waals surface area (Å²) in [4.78, 5) is 26.3. The van der Waals surface area contributed by atoms with Crippen LogP contribution in [0.4, 0.5) is 14.7 Å². The van der Waals surface area contributed by atoms with E-state index in [1.165, 1.54) is 6.07 Å². The maximum atomic E-state index is 13.8. The highest BCUT2D eigenvalue weighted by Crippen LogP contribution is 2.32. The van der Waals surface area contributed by atoms with Crippen LogP contribution in [0.1, 0.15) is 21.6 Å². The molecule has 35 heavy (non-hydrogen) atoms. The van der Waals surface area contributed by atoms with Crippen LogP contribution in [0.5, 0.6) is 17.4 Å². The van der Waals surface area contributed by atoms with Crippen LogP contribution in [-0.2, 0) is 17.7 Å². The van der Waals surface area contributed by atoms with E-state index < -0.39 is 11.6 Å². The largest absolute Gasteiger partial charge is 0.497 e. The molecule has 1 saturated heterocycles. The van der Waals surface area contributed by atoms with Crippen molar-refractivity contribution in [3.8, 4) is 17.4 Å². The second-order valence-electron chi connectivity index (χ2n) is 8.24. The summed E-state index contributed by atoms with van der Waals surface area (Å²) in [5.74, 6) is -0.753. The topological polar surface area (TPSA) is 77.0 Å². The Morgan fingerprint density at radius 2 is 1.83 bits per heavy atom. The number of anilines is 1. The Balaban J connectivity index is 1.48. The van der Waals surface area contributed by atoms with Crippen LogP contribution >= 0.6 is 0 Å². The Bertz CT molecular complexity index is 1250. The quantitative estimate of drug-likeness (QED) is 0.550. The number of benzene rings is 2. The first kappa shape index (κ1) is 23.0. The fraction of sp³-hybridized carbons (Fsp3) is 0.320. The van der Waals surface area contributed by atoms with Crippen molar-refractivity contribution >= 4 is 11.9 Å². The van der Waals surface area contributed by atoms with Crippen molar-refractivity contribution in [3.05, 3.63) is 70.9 Å². The van der Waals surface area contributed by atoms with Crippen LogP contribution in [0, 0.1) is 11.6 Å². The van der Waals surface area contributed by atoms with E-state index >= 15 is 0 Å². The molecule has 0 N–H and O–H groups in total. The van der Waals surface area contributed by atoms with Crippen molar-refractivity contribution in [2.75, 3.05) is 44.9 Å².